The van der Waals surface area contributed by atoms with E-state index in [-0.39, 0.29) is 0 Å². The van der Waals surface area contributed by atoms with Gasteiger partial charge in [0.15, 0.2) is 0 Å². The fourth-order valence-corrected chi connectivity index (χ4v) is 1.19. The molecule has 0 heterocycles. The normalized spacial score (nSPS) is 20.4. The van der Waals surface area contributed by atoms with Crippen LogP contribution >= 0.6 is 0 Å². The number of allylic oxidation sites excluding steroid dienone is 3. The van der Waals surface area contributed by atoms with Crippen LogP contribution in [-0.4, -0.2) is 6.04 Å². The van der Waals surface area contributed by atoms with E-state index in [2.05, 4.69) is 18.2 Å². The second kappa shape index (κ2) is 3.57. The van der Waals surface area contributed by atoms with E-state index in [1.165, 1.54) is 18.4 Å². The molecule has 0 amide bonds. The molecule has 0 fully saturated rings. The summed E-state index contributed by atoms with van der Waals surface area (Å²) in [5.41, 5.74) is 7.05. The maximum Gasteiger partial charge on any atom is 0.00507 e. The van der Waals surface area contributed by atoms with Gasteiger partial charge in [0.25, 0.3) is 0 Å². The van der Waals surface area contributed by atoms with Crippen LogP contribution in [-0.2, 0) is 0 Å². The Morgan fingerprint density at radius 2 is 2.40 bits per heavy atom. The van der Waals surface area contributed by atoms with Gasteiger partial charge in [0.05, 0.1) is 0 Å². The first-order valence-corrected chi connectivity index (χ1v) is 3.90. The molecule has 0 saturated heterocycles. The second-order valence-corrected chi connectivity index (χ2v) is 2.94. The lowest BCUT2D eigenvalue weighted by Crippen LogP contribution is -2.15. The molecule has 0 aromatic carbocycles. The maximum atomic E-state index is 5.65. The summed E-state index contributed by atoms with van der Waals surface area (Å²) in [5, 5.41) is 0. The molecule has 1 nitrogen and oxygen atoms in total. The minimum absolute atomic E-state index is 0.300. The molecule has 0 aromatic rings. The van der Waals surface area contributed by atoms with Crippen LogP contribution in [0.5, 0.6) is 0 Å². The summed E-state index contributed by atoms with van der Waals surface area (Å²) in [6.45, 7) is 2.04. The van der Waals surface area contributed by atoms with Gasteiger partial charge in [-0.15, -0.1) is 0 Å². The molecule has 0 spiro atoms. The summed E-state index contributed by atoms with van der Waals surface area (Å²) in [4.78, 5) is 0. The lowest BCUT2D eigenvalue weighted by Gasteiger charge is -2.08. The van der Waals surface area contributed by atoms with Crippen LogP contribution in [0, 0.1) is 0 Å². The second-order valence-electron chi connectivity index (χ2n) is 2.94. The van der Waals surface area contributed by atoms with Gasteiger partial charge in [0, 0.05) is 6.04 Å². The first kappa shape index (κ1) is 7.55. The molecule has 0 radical (unpaired) electrons. The van der Waals surface area contributed by atoms with E-state index in [1.54, 1.807) is 0 Å². The third kappa shape index (κ3) is 2.36. The van der Waals surface area contributed by atoms with Gasteiger partial charge in [0.2, 0.25) is 0 Å². The zero-order valence-electron chi connectivity index (χ0n) is 6.51. The summed E-state index contributed by atoms with van der Waals surface area (Å²) < 4.78 is 0. The van der Waals surface area contributed by atoms with Gasteiger partial charge in [-0.1, -0.05) is 23.8 Å². The molecule has 2 N–H and O–H groups in total. The van der Waals surface area contributed by atoms with E-state index in [0.29, 0.717) is 6.04 Å². The minimum atomic E-state index is 0.300. The number of rotatable bonds is 2. The van der Waals surface area contributed by atoms with Gasteiger partial charge in [-0.05, 0) is 26.2 Å². The van der Waals surface area contributed by atoms with Crippen molar-refractivity contribution in [3.05, 3.63) is 23.8 Å². The SMILES string of the molecule is CC(N)CC1=CCCC=C1. The average Bonchev–Trinajstić information content (AvgIpc) is 1.88. The molecule has 1 aliphatic carbocycles. The van der Waals surface area contributed by atoms with Gasteiger partial charge >= 0.3 is 0 Å². The summed E-state index contributed by atoms with van der Waals surface area (Å²) in [6, 6.07) is 0.300. The first-order chi connectivity index (χ1) is 4.79. The highest BCUT2D eigenvalue weighted by Gasteiger charge is 1.99. The summed E-state index contributed by atoms with van der Waals surface area (Å²) in [6.07, 6.45) is 10.1. The molecule has 0 saturated carbocycles. The number of hydrogen-bond acceptors (Lipinski definition) is 1. The van der Waals surface area contributed by atoms with Crippen molar-refractivity contribution in [1.82, 2.24) is 0 Å². The molecule has 1 atom stereocenters. The van der Waals surface area contributed by atoms with Crippen LogP contribution in [0.15, 0.2) is 23.8 Å². The molecule has 56 valence electrons. The van der Waals surface area contributed by atoms with Crippen molar-refractivity contribution in [3.8, 4) is 0 Å². The zero-order chi connectivity index (χ0) is 7.40. The lowest BCUT2D eigenvalue weighted by atomic mass is 10.0. The third-order valence-corrected chi connectivity index (χ3v) is 1.63. The number of hydrogen-bond donors (Lipinski definition) is 1. The molecule has 1 heteroatoms. The zero-order valence-corrected chi connectivity index (χ0v) is 6.51. The Bertz CT molecular complexity index is 154. The standard InChI is InChI=1S/C9H15N/c1-8(10)7-9-5-3-2-4-6-9/h3,5-6,8H,2,4,7,10H2,1H3. The Morgan fingerprint density at radius 3 is 2.90 bits per heavy atom. The molecule has 10 heavy (non-hydrogen) atoms. The highest BCUT2D eigenvalue weighted by molar-refractivity contribution is 5.22. The predicted octanol–water partition coefficient (Wildman–Crippen LogP) is 2.00. The Hall–Kier alpha value is -0.560. The van der Waals surface area contributed by atoms with Crippen LogP contribution in [0.25, 0.3) is 0 Å². The van der Waals surface area contributed by atoms with Crippen molar-refractivity contribution in [3.63, 3.8) is 0 Å². The monoisotopic (exact) mass is 137 g/mol. The van der Waals surface area contributed by atoms with E-state index >= 15 is 0 Å². The molecular weight excluding hydrogens is 122 g/mol. The van der Waals surface area contributed by atoms with Crippen molar-refractivity contribution >= 4 is 0 Å². The van der Waals surface area contributed by atoms with Crippen LogP contribution in [0.2, 0.25) is 0 Å². The van der Waals surface area contributed by atoms with Crippen molar-refractivity contribution in [2.45, 2.75) is 32.2 Å². The Morgan fingerprint density at radius 1 is 1.60 bits per heavy atom. The lowest BCUT2D eigenvalue weighted by molar-refractivity contribution is 0.734. The summed E-state index contributed by atoms with van der Waals surface area (Å²) >= 11 is 0. The molecule has 1 aliphatic rings. The van der Waals surface area contributed by atoms with Crippen LogP contribution in [0.3, 0.4) is 0 Å². The fraction of sp³-hybridized carbons (Fsp3) is 0.556. The summed E-state index contributed by atoms with van der Waals surface area (Å²) in [5.74, 6) is 0. The van der Waals surface area contributed by atoms with Crippen molar-refractivity contribution in [1.29, 1.82) is 0 Å². The summed E-state index contributed by atoms with van der Waals surface area (Å²) in [7, 11) is 0. The van der Waals surface area contributed by atoms with E-state index in [1.807, 2.05) is 6.92 Å². The predicted molar refractivity (Wildman–Crippen MR) is 44.7 cm³/mol. The first-order valence-electron chi connectivity index (χ1n) is 3.90. The van der Waals surface area contributed by atoms with Crippen LogP contribution in [0.4, 0.5) is 0 Å². The van der Waals surface area contributed by atoms with Crippen LogP contribution < -0.4 is 5.73 Å². The van der Waals surface area contributed by atoms with Gasteiger partial charge in [0.1, 0.15) is 0 Å². The maximum absolute atomic E-state index is 5.65. The van der Waals surface area contributed by atoms with Crippen molar-refractivity contribution in [2.75, 3.05) is 0 Å². The van der Waals surface area contributed by atoms with E-state index < -0.39 is 0 Å². The molecular formula is C9H15N. The Labute approximate surface area is 62.6 Å². The van der Waals surface area contributed by atoms with Crippen molar-refractivity contribution < 1.29 is 0 Å². The van der Waals surface area contributed by atoms with Crippen LogP contribution in [0.1, 0.15) is 26.2 Å². The highest BCUT2D eigenvalue weighted by atomic mass is 14.6. The van der Waals surface area contributed by atoms with E-state index in [0.717, 1.165) is 6.42 Å². The van der Waals surface area contributed by atoms with Gasteiger partial charge < -0.3 is 5.73 Å². The Balaban J connectivity index is 2.40. The Kier molecular flexibility index (Phi) is 2.69. The number of nitrogens with two attached hydrogens (primary N) is 1. The molecule has 0 bridgehead atoms. The smallest absolute Gasteiger partial charge is 0.00507 e. The third-order valence-electron chi connectivity index (χ3n) is 1.63. The van der Waals surface area contributed by atoms with E-state index in [4.69, 9.17) is 5.73 Å². The van der Waals surface area contributed by atoms with Crippen molar-refractivity contribution in [2.24, 2.45) is 5.73 Å². The largest absolute Gasteiger partial charge is 0.328 e. The average molecular weight is 137 g/mol. The minimum Gasteiger partial charge on any atom is -0.328 e. The van der Waals surface area contributed by atoms with Gasteiger partial charge in [-0.3, -0.25) is 0 Å². The molecule has 1 unspecified atom stereocenters. The highest BCUT2D eigenvalue weighted by Crippen LogP contribution is 2.13. The molecule has 0 aromatic heterocycles. The molecule has 1 rings (SSSR count). The fourth-order valence-electron chi connectivity index (χ4n) is 1.19. The molecule has 0 aliphatic heterocycles. The van der Waals surface area contributed by atoms with Gasteiger partial charge in [-0.25, -0.2) is 0 Å². The van der Waals surface area contributed by atoms with Gasteiger partial charge in [-0.2, -0.15) is 0 Å². The van der Waals surface area contributed by atoms with E-state index in [9.17, 15) is 0 Å². The topological polar surface area (TPSA) is 26.0 Å². The quantitative estimate of drug-likeness (QED) is 0.619.